The lowest BCUT2D eigenvalue weighted by Gasteiger charge is -2.12. The quantitative estimate of drug-likeness (QED) is 0.806. The summed E-state index contributed by atoms with van der Waals surface area (Å²) in [5, 5.41) is 0. The van der Waals surface area contributed by atoms with Gasteiger partial charge in [0.25, 0.3) is 0 Å². The number of nitrogens with one attached hydrogen (secondary N) is 1. The number of hydrogen-bond donors (Lipinski definition) is 2. The van der Waals surface area contributed by atoms with E-state index < -0.39 is 29.2 Å². The van der Waals surface area contributed by atoms with Crippen LogP contribution in [0.2, 0.25) is 0 Å². The zero-order valence-corrected chi connectivity index (χ0v) is 8.54. The van der Waals surface area contributed by atoms with Gasteiger partial charge < -0.3 is 10.7 Å². The maximum absolute atomic E-state index is 12.5. The van der Waals surface area contributed by atoms with Crippen LogP contribution in [-0.2, 0) is 18.8 Å². The average Bonchev–Trinajstić information content (AvgIpc) is 2.56. The van der Waals surface area contributed by atoms with E-state index >= 15 is 0 Å². The summed E-state index contributed by atoms with van der Waals surface area (Å²) < 4.78 is 74.8. The number of aromatic amines is 1. The molecule has 1 rings (SSSR count). The molecular formula is C9H10F6N2. The minimum absolute atomic E-state index is 0.109. The van der Waals surface area contributed by atoms with Gasteiger partial charge in [-0.3, -0.25) is 0 Å². The summed E-state index contributed by atoms with van der Waals surface area (Å²) in [6.45, 7) is 0.109. The predicted molar refractivity (Wildman–Crippen MR) is 48.2 cm³/mol. The fraction of sp³-hybridized carbons (Fsp3) is 0.556. The number of alkyl halides is 6. The molecule has 0 atom stereocenters. The molecule has 0 spiro atoms. The molecule has 0 aliphatic carbocycles. The number of nitrogens with two attached hydrogens (primary N) is 1. The summed E-state index contributed by atoms with van der Waals surface area (Å²) in [6, 6.07) is 0. The maximum atomic E-state index is 12.5. The number of hydrogen-bond acceptors (Lipinski definition) is 1. The van der Waals surface area contributed by atoms with E-state index in [1.807, 2.05) is 4.98 Å². The normalized spacial score (nSPS) is 13.1. The minimum atomic E-state index is -5.03. The molecule has 1 heterocycles. The van der Waals surface area contributed by atoms with Crippen LogP contribution in [0.15, 0.2) is 6.20 Å². The summed E-state index contributed by atoms with van der Waals surface area (Å²) in [4.78, 5) is 2.03. The van der Waals surface area contributed by atoms with E-state index in [0.717, 1.165) is 0 Å². The van der Waals surface area contributed by atoms with Crippen LogP contribution in [0.25, 0.3) is 0 Å². The molecule has 3 N–H and O–H groups in total. The van der Waals surface area contributed by atoms with Gasteiger partial charge in [-0.1, -0.05) is 0 Å². The zero-order valence-electron chi connectivity index (χ0n) is 8.54. The van der Waals surface area contributed by atoms with Gasteiger partial charge in [0.05, 0.1) is 11.1 Å². The Kier molecular flexibility index (Phi) is 3.75. The van der Waals surface area contributed by atoms with Gasteiger partial charge in [0.15, 0.2) is 0 Å². The molecule has 98 valence electrons. The lowest BCUT2D eigenvalue weighted by Crippen LogP contribution is -2.16. The van der Waals surface area contributed by atoms with Crippen LogP contribution < -0.4 is 5.73 Å². The minimum Gasteiger partial charge on any atom is -0.364 e. The largest absolute Gasteiger partial charge is 0.418 e. The highest BCUT2D eigenvalue weighted by Gasteiger charge is 2.45. The van der Waals surface area contributed by atoms with Crippen molar-refractivity contribution in [2.45, 2.75) is 25.2 Å². The molecule has 0 aliphatic rings. The van der Waals surface area contributed by atoms with Gasteiger partial charge in [0.1, 0.15) is 0 Å². The fourth-order valence-corrected chi connectivity index (χ4v) is 1.49. The third-order valence-electron chi connectivity index (χ3n) is 2.18. The van der Waals surface area contributed by atoms with E-state index in [4.69, 9.17) is 5.73 Å². The van der Waals surface area contributed by atoms with Gasteiger partial charge in [-0.25, -0.2) is 0 Å². The SMILES string of the molecule is NCCCc1[nH]cc(C(F)(F)F)c1C(F)(F)F. The van der Waals surface area contributed by atoms with Crippen molar-refractivity contribution in [3.63, 3.8) is 0 Å². The number of halogens is 6. The third kappa shape index (κ3) is 3.15. The first-order chi connectivity index (χ1) is 7.68. The van der Waals surface area contributed by atoms with Gasteiger partial charge in [-0.15, -0.1) is 0 Å². The van der Waals surface area contributed by atoms with Crippen molar-refractivity contribution in [2.24, 2.45) is 5.73 Å². The van der Waals surface area contributed by atoms with E-state index in [0.29, 0.717) is 6.20 Å². The molecule has 0 amide bonds. The number of H-pyrrole nitrogens is 1. The zero-order chi connectivity index (χ0) is 13.3. The van der Waals surface area contributed by atoms with Crippen LogP contribution in [0, 0.1) is 0 Å². The topological polar surface area (TPSA) is 41.8 Å². The average molecular weight is 260 g/mol. The second kappa shape index (κ2) is 4.59. The summed E-state index contributed by atoms with van der Waals surface area (Å²) in [7, 11) is 0. The van der Waals surface area contributed by atoms with Crippen LogP contribution in [-0.4, -0.2) is 11.5 Å². The first-order valence-electron chi connectivity index (χ1n) is 4.72. The maximum Gasteiger partial charge on any atom is 0.418 e. The Morgan fingerprint density at radius 2 is 1.65 bits per heavy atom. The predicted octanol–water partition coefficient (Wildman–Crippen LogP) is 2.94. The van der Waals surface area contributed by atoms with E-state index in [-0.39, 0.29) is 19.4 Å². The van der Waals surface area contributed by atoms with Crippen molar-refractivity contribution in [3.8, 4) is 0 Å². The number of aromatic nitrogens is 1. The highest BCUT2D eigenvalue weighted by molar-refractivity contribution is 5.36. The van der Waals surface area contributed by atoms with E-state index in [9.17, 15) is 26.3 Å². The van der Waals surface area contributed by atoms with Crippen LogP contribution in [0.4, 0.5) is 26.3 Å². The molecule has 0 radical (unpaired) electrons. The standard InChI is InChI=1S/C9H10F6N2/c10-8(11,12)5-4-17-6(2-1-3-16)7(5)9(13,14)15/h4,17H,1-3,16H2. The van der Waals surface area contributed by atoms with Crippen molar-refractivity contribution in [1.29, 1.82) is 0 Å². The van der Waals surface area contributed by atoms with Gasteiger partial charge in [0.2, 0.25) is 0 Å². The van der Waals surface area contributed by atoms with Gasteiger partial charge in [-0.05, 0) is 19.4 Å². The third-order valence-corrected chi connectivity index (χ3v) is 2.18. The van der Waals surface area contributed by atoms with Crippen molar-refractivity contribution in [3.05, 3.63) is 23.0 Å². The smallest absolute Gasteiger partial charge is 0.364 e. The van der Waals surface area contributed by atoms with Crippen molar-refractivity contribution < 1.29 is 26.3 Å². The van der Waals surface area contributed by atoms with E-state index in [1.54, 1.807) is 0 Å². The highest BCUT2D eigenvalue weighted by Crippen LogP contribution is 2.42. The second-order valence-electron chi connectivity index (χ2n) is 3.44. The Morgan fingerprint density at radius 1 is 1.06 bits per heavy atom. The second-order valence-corrected chi connectivity index (χ2v) is 3.44. The molecule has 1 aromatic rings. The Balaban J connectivity index is 3.21. The Labute approximate surface area is 92.8 Å². The van der Waals surface area contributed by atoms with Crippen molar-refractivity contribution in [1.82, 2.24) is 4.98 Å². The lowest BCUT2D eigenvalue weighted by molar-refractivity contribution is -0.161. The molecule has 0 bridgehead atoms. The summed E-state index contributed by atoms with van der Waals surface area (Å²) in [5.74, 6) is 0. The Morgan fingerprint density at radius 3 is 2.06 bits per heavy atom. The fourth-order valence-electron chi connectivity index (χ4n) is 1.49. The monoisotopic (exact) mass is 260 g/mol. The first kappa shape index (κ1) is 13.9. The Bertz CT molecular complexity index is 376. The Hall–Kier alpha value is -1.18. The van der Waals surface area contributed by atoms with Gasteiger partial charge in [0, 0.05) is 11.9 Å². The molecule has 8 heteroatoms. The molecule has 0 unspecified atom stereocenters. The number of aryl methyl sites for hydroxylation is 1. The molecule has 0 saturated heterocycles. The summed E-state index contributed by atoms with van der Waals surface area (Å²) >= 11 is 0. The molecule has 17 heavy (non-hydrogen) atoms. The van der Waals surface area contributed by atoms with E-state index in [2.05, 4.69) is 0 Å². The van der Waals surface area contributed by atoms with Crippen molar-refractivity contribution in [2.75, 3.05) is 6.54 Å². The van der Waals surface area contributed by atoms with Crippen LogP contribution in [0.5, 0.6) is 0 Å². The molecule has 0 saturated carbocycles. The number of rotatable bonds is 3. The molecule has 0 aliphatic heterocycles. The molecule has 0 fully saturated rings. The lowest BCUT2D eigenvalue weighted by atomic mass is 10.1. The van der Waals surface area contributed by atoms with Crippen LogP contribution >= 0.6 is 0 Å². The first-order valence-corrected chi connectivity index (χ1v) is 4.72. The summed E-state index contributed by atoms with van der Waals surface area (Å²) in [6.07, 6.45) is -9.70. The molecule has 1 aromatic heterocycles. The highest BCUT2D eigenvalue weighted by atomic mass is 19.4. The molecule has 2 nitrogen and oxygen atoms in total. The van der Waals surface area contributed by atoms with Gasteiger partial charge in [-0.2, -0.15) is 26.3 Å². The van der Waals surface area contributed by atoms with Crippen molar-refractivity contribution >= 4 is 0 Å². The molecular weight excluding hydrogens is 250 g/mol. The molecule has 0 aromatic carbocycles. The van der Waals surface area contributed by atoms with Gasteiger partial charge >= 0.3 is 12.4 Å². The summed E-state index contributed by atoms with van der Waals surface area (Å²) in [5.41, 5.74) is 1.31. The van der Waals surface area contributed by atoms with Crippen LogP contribution in [0.3, 0.4) is 0 Å². The van der Waals surface area contributed by atoms with Crippen LogP contribution in [0.1, 0.15) is 23.2 Å². The van der Waals surface area contributed by atoms with E-state index in [1.165, 1.54) is 0 Å².